The molecule has 0 unspecified atom stereocenters. The average Bonchev–Trinajstić information content (AvgIpc) is 2.48. The second-order valence-corrected chi connectivity index (χ2v) is 2.91. The molecule has 1 heterocycles. The van der Waals surface area contributed by atoms with Crippen molar-refractivity contribution >= 4 is 16.9 Å². The highest BCUT2D eigenvalue weighted by molar-refractivity contribution is 5.93. The van der Waals surface area contributed by atoms with Gasteiger partial charge in [-0.05, 0) is 19.1 Å². The molecule has 0 spiro atoms. The molecule has 0 saturated heterocycles. The lowest BCUT2D eigenvalue weighted by molar-refractivity contribution is 0.0696. The van der Waals surface area contributed by atoms with E-state index in [1.165, 1.54) is 6.07 Å². The number of halogens is 1. The van der Waals surface area contributed by atoms with E-state index in [-0.39, 0.29) is 11.1 Å². The van der Waals surface area contributed by atoms with Crippen LogP contribution in [0.15, 0.2) is 16.7 Å². The Balaban J connectivity index is 2.82. The molecule has 0 radical (unpaired) electrons. The van der Waals surface area contributed by atoms with Gasteiger partial charge in [-0.1, -0.05) is 5.16 Å². The van der Waals surface area contributed by atoms with Crippen molar-refractivity contribution in [3.63, 3.8) is 0 Å². The summed E-state index contributed by atoms with van der Waals surface area (Å²) in [6.07, 6.45) is 0. The molecule has 0 atom stereocenters. The van der Waals surface area contributed by atoms with Crippen LogP contribution < -0.4 is 0 Å². The zero-order valence-electron chi connectivity index (χ0n) is 7.24. The Kier molecular flexibility index (Phi) is 1.73. The van der Waals surface area contributed by atoms with Crippen LogP contribution in [0.2, 0.25) is 0 Å². The van der Waals surface area contributed by atoms with Crippen molar-refractivity contribution < 1.29 is 18.8 Å². The first-order valence-electron chi connectivity index (χ1n) is 3.88. The maximum Gasteiger partial charge on any atom is 0.335 e. The number of hydrogen-bond acceptors (Lipinski definition) is 3. The molecule has 0 aliphatic heterocycles. The first kappa shape index (κ1) is 8.68. The Hall–Kier alpha value is -1.91. The van der Waals surface area contributed by atoms with Gasteiger partial charge in [-0.3, -0.25) is 0 Å². The van der Waals surface area contributed by atoms with Crippen molar-refractivity contribution in [2.45, 2.75) is 6.92 Å². The van der Waals surface area contributed by atoms with E-state index in [0.717, 1.165) is 6.07 Å². The fourth-order valence-corrected chi connectivity index (χ4v) is 1.24. The number of nitrogens with zero attached hydrogens (tertiary/aromatic N) is 1. The first-order chi connectivity index (χ1) is 6.59. The van der Waals surface area contributed by atoms with Crippen LogP contribution in [0.1, 0.15) is 16.1 Å². The Morgan fingerprint density at radius 3 is 2.93 bits per heavy atom. The maximum atomic E-state index is 13.2. The van der Waals surface area contributed by atoms with E-state index in [9.17, 15) is 9.18 Å². The van der Waals surface area contributed by atoms with Crippen molar-refractivity contribution in [3.8, 4) is 0 Å². The molecule has 1 N–H and O–H groups in total. The van der Waals surface area contributed by atoms with E-state index in [2.05, 4.69) is 5.16 Å². The molecule has 1 aromatic carbocycles. The fraction of sp³-hybridized carbons (Fsp3) is 0.111. The molecule has 0 saturated carbocycles. The summed E-state index contributed by atoms with van der Waals surface area (Å²) >= 11 is 0. The summed E-state index contributed by atoms with van der Waals surface area (Å²) in [5, 5.41) is 12.6. The Labute approximate surface area is 77.9 Å². The largest absolute Gasteiger partial charge is 0.478 e. The van der Waals surface area contributed by atoms with E-state index < -0.39 is 11.8 Å². The second kappa shape index (κ2) is 2.80. The van der Waals surface area contributed by atoms with Crippen molar-refractivity contribution in [2.24, 2.45) is 0 Å². The van der Waals surface area contributed by atoms with Gasteiger partial charge in [0, 0.05) is 5.39 Å². The monoisotopic (exact) mass is 195 g/mol. The minimum atomic E-state index is -1.17. The highest BCUT2D eigenvalue weighted by Crippen LogP contribution is 2.22. The number of carboxylic acid groups (broad SMARTS) is 1. The third-order valence-corrected chi connectivity index (χ3v) is 1.95. The summed E-state index contributed by atoms with van der Waals surface area (Å²) in [5.41, 5.74) is 0.357. The van der Waals surface area contributed by atoms with Crippen LogP contribution in [0.3, 0.4) is 0 Å². The zero-order valence-corrected chi connectivity index (χ0v) is 7.24. The number of aryl methyl sites for hydroxylation is 1. The van der Waals surface area contributed by atoms with Crippen LogP contribution in [0.4, 0.5) is 4.39 Å². The summed E-state index contributed by atoms with van der Waals surface area (Å²) in [6.45, 7) is 1.62. The molecule has 5 heteroatoms. The van der Waals surface area contributed by atoms with Crippen LogP contribution in [0.5, 0.6) is 0 Å². The van der Waals surface area contributed by atoms with Gasteiger partial charge in [-0.2, -0.15) is 0 Å². The third-order valence-electron chi connectivity index (χ3n) is 1.95. The lowest BCUT2D eigenvalue weighted by Gasteiger charge is -1.95. The summed E-state index contributed by atoms with van der Waals surface area (Å²) in [6, 6.07) is 2.25. The van der Waals surface area contributed by atoms with Crippen molar-refractivity contribution in [1.29, 1.82) is 0 Å². The molecule has 72 valence electrons. The highest BCUT2D eigenvalue weighted by Gasteiger charge is 2.14. The Morgan fingerprint density at radius 1 is 1.57 bits per heavy atom. The first-order valence-corrected chi connectivity index (χ1v) is 3.88. The molecule has 4 nitrogen and oxygen atoms in total. The van der Waals surface area contributed by atoms with E-state index >= 15 is 0 Å². The van der Waals surface area contributed by atoms with E-state index in [4.69, 9.17) is 9.63 Å². The minimum absolute atomic E-state index is 0.00694. The molecule has 0 aliphatic carbocycles. The van der Waals surface area contributed by atoms with Crippen LogP contribution >= 0.6 is 0 Å². The van der Waals surface area contributed by atoms with Crippen molar-refractivity contribution in [1.82, 2.24) is 5.16 Å². The number of hydrogen-bond donors (Lipinski definition) is 1. The molecule has 2 aromatic rings. The summed E-state index contributed by atoms with van der Waals surface area (Å²) in [7, 11) is 0. The van der Waals surface area contributed by atoms with E-state index in [1.807, 2.05) is 0 Å². The molecular weight excluding hydrogens is 189 g/mol. The van der Waals surface area contributed by atoms with Crippen molar-refractivity contribution in [3.05, 3.63) is 29.2 Å². The van der Waals surface area contributed by atoms with Crippen LogP contribution in [0.25, 0.3) is 11.0 Å². The number of aromatic carboxylic acids is 1. The van der Waals surface area contributed by atoms with Crippen LogP contribution in [-0.4, -0.2) is 16.2 Å². The number of fused-ring (bicyclic) bond motifs is 1. The van der Waals surface area contributed by atoms with Gasteiger partial charge in [-0.15, -0.1) is 0 Å². The predicted octanol–water partition coefficient (Wildman–Crippen LogP) is 1.97. The lowest BCUT2D eigenvalue weighted by Crippen LogP contribution is -1.96. The molecule has 14 heavy (non-hydrogen) atoms. The van der Waals surface area contributed by atoms with Crippen molar-refractivity contribution in [2.75, 3.05) is 0 Å². The standard InChI is InChI=1S/C9H6FNO3/c1-4-6-2-5(9(12)13)3-7(10)8(6)14-11-4/h2-3H,1H3,(H,12,13). The normalized spacial score (nSPS) is 10.7. The fourth-order valence-electron chi connectivity index (χ4n) is 1.24. The molecule has 0 aliphatic rings. The number of benzene rings is 1. The number of carbonyl (C=O) groups is 1. The Morgan fingerprint density at radius 2 is 2.29 bits per heavy atom. The van der Waals surface area contributed by atoms with Gasteiger partial charge in [0.05, 0.1) is 11.3 Å². The average molecular weight is 195 g/mol. The van der Waals surface area contributed by atoms with Crippen LogP contribution in [-0.2, 0) is 0 Å². The topological polar surface area (TPSA) is 63.3 Å². The summed E-state index contributed by atoms with van der Waals surface area (Å²) in [5.74, 6) is -1.88. The van der Waals surface area contributed by atoms with Gasteiger partial charge in [0.2, 0.25) is 5.58 Å². The van der Waals surface area contributed by atoms with Gasteiger partial charge in [-0.25, -0.2) is 9.18 Å². The van der Waals surface area contributed by atoms with Gasteiger partial charge < -0.3 is 9.63 Å². The summed E-state index contributed by atoms with van der Waals surface area (Å²) < 4.78 is 17.9. The number of carboxylic acids is 1. The third kappa shape index (κ3) is 1.14. The summed E-state index contributed by atoms with van der Waals surface area (Å²) in [4.78, 5) is 10.6. The molecular formula is C9H6FNO3. The smallest absolute Gasteiger partial charge is 0.335 e. The number of rotatable bonds is 1. The second-order valence-electron chi connectivity index (χ2n) is 2.91. The molecule has 0 fully saturated rings. The molecule has 1 aromatic heterocycles. The lowest BCUT2D eigenvalue weighted by atomic mass is 10.1. The van der Waals surface area contributed by atoms with Crippen LogP contribution in [0, 0.1) is 12.7 Å². The maximum absolute atomic E-state index is 13.2. The quantitative estimate of drug-likeness (QED) is 0.755. The zero-order chi connectivity index (χ0) is 10.3. The molecule has 0 bridgehead atoms. The van der Waals surface area contributed by atoms with Gasteiger partial charge >= 0.3 is 5.97 Å². The van der Waals surface area contributed by atoms with Gasteiger partial charge in [0.1, 0.15) is 0 Å². The van der Waals surface area contributed by atoms with Gasteiger partial charge in [0.15, 0.2) is 5.82 Å². The van der Waals surface area contributed by atoms with Gasteiger partial charge in [0.25, 0.3) is 0 Å². The van der Waals surface area contributed by atoms with E-state index in [0.29, 0.717) is 11.1 Å². The highest BCUT2D eigenvalue weighted by atomic mass is 19.1. The number of aromatic nitrogens is 1. The molecule has 0 amide bonds. The van der Waals surface area contributed by atoms with E-state index in [1.54, 1.807) is 6.92 Å². The SMILES string of the molecule is Cc1noc2c(F)cc(C(=O)O)cc12. The Bertz CT molecular complexity index is 518. The predicted molar refractivity (Wildman–Crippen MR) is 45.7 cm³/mol. The molecule has 2 rings (SSSR count). The minimum Gasteiger partial charge on any atom is -0.478 e.